The number of fused-ring (bicyclic) bond motifs is 2. The first-order valence-corrected chi connectivity index (χ1v) is 12.4. The number of oxazole rings is 1. The number of ether oxygens (including phenoxy) is 1. The predicted molar refractivity (Wildman–Crippen MR) is 138 cm³/mol. The average molecular weight is 502 g/mol. The maximum Gasteiger partial charge on any atom is 0.201 e. The van der Waals surface area contributed by atoms with Gasteiger partial charge in [-0.1, -0.05) is 12.1 Å². The predicted octanol–water partition coefficient (Wildman–Crippen LogP) is 4.01. The van der Waals surface area contributed by atoms with Gasteiger partial charge >= 0.3 is 0 Å². The summed E-state index contributed by atoms with van der Waals surface area (Å²) < 4.78 is 27.6. The molecule has 0 spiro atoms. The monoisotopic (exact) mass is 501 g/mol. The van der Waals surface area contributed by atoms with Gasteiger partial charge < -0.3 is 23.9 Å². The third kappa shape index (κ3) is 4.77. The molecule has 10 heteroatoms. The van der Waals surface area contributed by atoms with Gasteiger partial charge in [-0.25, -0.2) is 19.3 Å². The van der Waals surface area contributed by atoms with E-state index in [4.69, 9.17) is 19.1 Å². The number of imidazole rings is 1. The second kappa shape index (κ2) is 10.2. The Kier molecular flexibility index (Phi) is 6.50. The number of likely N-dealkylation sites (tertiary alicyclic amines) is 1. The van der Waals surface area contributed by atoms with Crippen LogP contribution in [0.3, 0.4) is 0 Å². The Bertz CT molecular complexity index is 1530. The molecule has 1 aromatic carbocycles. The van der Waals surface area contributed by atoms with E-state index >= 15 is 0 Å². The lowest BCUT2D eigenvalue weighted by Crippen LogP contribution is -2.46. The van der Waals surface area contributed by atoms with E-state index in [1.165, 1.54) is 6.07 Å². The zero-order valence-corrected chi connectivity index (χ0v) is 20.6. The van der Waals surface area contributed by atoms with Crippen molar-refractivity contribution in [1.82, 2.24) is 29.4 Å². The molecular formula is C27H28FN7O2. The summed E-state index contributed by atoms with van der Waals surface area (Å²) in [5.41, 5.74) is 3.81. The van der Waals surface area contributed by atoms with Gasteiger partial charge in [-0.2, -0.15) is 0 Å². The van der Waals surface area contributed by atoms with Crippen molar-refractivity contribution in [3.8, 4) is 0 Å². The van der Waals surface area contributed by atoms with Crippen molar-refractivity contribution >= 4 is 28.0 Å². The minimum atomic E-state index is -0.355. The number of rotatable bonds is 10. The lowest BCUT2D eigenvalue weighted by Gasteiger charge is -2.37. The molecule has 37 heavy (non-hydrogen) atoms. The van der Waals surface area contributed by atoms with Gasteiger partial charge in [-0.15, -0.1) is 0 Å². The third-order valence-electron chi connectivity index (χ3n) is 6.79. The first kappa shape index (κ1) is 23.5. The Morgan fingerprint density at radius 2 is 1.95 bits per heavy atom. The lowest BCUT2D eigenvalue weighted by molar-refractivity contribution is 0.132. The van der Waals surface area contributed by atoms with E-state index in [-0.39, 0.29) is 18.3 Å². The summed E-state index contributed by atoms with van der Waals surface area (Å²) >= 11 is 0. The van der Waals surface area contributed by atoms with E-state index in [2.05, 4.69) is 36.9 Å². The van der Waals surface area contributed by atoms with Crippen molar-refractivity contribution in [2.24, 2.45) is 0 Å². The Morgan fingerprint density at radius 3 is 2.81 bits per heavy atom. The molecule has 1 saturated heterocycles. The van der Waals surface area contributed by atoms with Crippen LogP contribution in [-0.2, 0) is 24.2 Å². The Labute approximate surface area is 213 Å². The van der Waals surface area contributed by atoms with Gasteiger partial charge in [0.05, 0.1) is 35.8 Å². The summed E-state index contributed by atoms with van der Waals surface area (Å²) in [4.78, 5) is 20.5. The minimum absolute atomic E-state index is 0.216. The molecule has 0 bridgehead atoms. The normalized spacial score (nSPS) is 14.4. The molecule has 5 aromatic rings. The van der Waals surface area contributed by atoms with Crippen molar-refractivity contribution in [3.05, 3.63) is 78.1 Å². The van der Waals surface area contributed by atoms with Crippen LogP contribution in [0.5, 0.6) is 0 Å². The van der Waals surface area contributed by atoms with Crippen molar-refractivity contribution in [2.75, 3.05) is 38.7 Å². The van der Waals surface area contributed by atoms with Gasteiger partial charge in [0.25, 0.3) is 0 Å². The number of nitrogens with zero attached hydrogens (tertiary/aromatic N) is 6. The van der Waals surface area contributed by atoms with Crippen molar-refractivity contribution in [1.29, 1.82) is 0 Å². The van der Waals surface area contributed by atoms with Crippen LogP contribution in [0.1, 0.15) is 23.3 Å². The zero-order valence-electron chi connectivity index (χ0n) is 20.6. The number of anilines is 1. The molecular weight excluding hydrogens is 473 g/mol. The first-order chi connectivity index (χ1) is 18.2. The van der Waals surface area contributed by atoms with Crippen molar-refractivity contribution in [2.45, 2.75) is 25.4 Å². The highest BCUT2D eigenvalue weighted by atomic mass is 19.1. The molecule has 0 amide bonds. The van der Waals surface area contributed by atoms with Gasteiger partial charge in [0, 0.05) is 58.2 Å². The van der Waals surface area contributed by atoms with Crippen LogP contribution in [0.15, 0.2) is 59.3 Å². The Hall–Kier alpha value is -3.89. The molecule has 1 aliphatic rings. The largest absolute Gasteiger partial charge is 0.440 e. The summed E-state index contributed by atoms with van der Waals surface area (Å²) in [5, 5.41) is 3.15. The van der Waals surface area contributed by atoms with Gasteiger partial charge in [-0.3, -0.25) is 4.98 Å². The van der Waals surface area contributed by atoms with Crippen LogP contribution >= 0.6 is 0 Å². The Morgan fingerprint density at radius 1 is 1.05 bits per heavy atom. The van der Waals surface area contributed by atoms with Gasteiger partial charge in [0.1, 0.15) is 11.6 Å². The number of nitrogens with one attached hydrogen (secondary N) is 1. The first-order valence-electron chi connectivity index (χ1n) is 12.4. The van der Waals surface area contributed by atoms with Crippen LogP contribution in [-0.4, -0.2) is 62.8 Å². The highest BCUT2D eigenvalue weighted by Gasteiger charge is 2.32. The van der Waals surface area contributed by atoms with Gasteiger partial charge in [0.15, 0.2) is 16.9 Å². The number of aromatic nitrogens is 5. The van der Waals surface area contributed by atoms with Crippen LogP contribution in [0, 0.1) is 5.82 Å². The van der Waals surface area contributed by atoms with E-state index in [9.17, 15) is 4.39 Å². The van der Waals surface area contributed by atoms with Crippen LogP contribution in [0.2, 0.25) is 0 Å². The number of para-hydroxylation sites is 2. The van der Waals surface area contributed by atoms with Crippen LogP contribution in [0.4, 0.5) is 10.2 Å². The molecule has 190 valence electrons. The quantitative estimate of drug-likeness (QED) is 0.307. The van der Waals surface area contributed by atoms with Crippen molar-refractivity contribution in [3.63, 3.8) is 0 Å². The molecule has 0 radical (unpaired) electrons. The number of pyridine rings is 2. The molecule has 0 atom stereocenters. The maximum atomic E-state index is 13.9. The number of hydrogen-bond acceptors (Lipinski definition) is 8. The SMILES string of the molecule is COCCn1c(CCN2CC(c3nc4c(NCc5ncccc5F)nccc4o3)C2)nc2ccccc21. The second-order valence-electron chi connectivity index (χ2n) is 9.21. The molecule has 1 fully saturated rings. The minimum Gasteiger partial charge on any atom is -0.440 e. The van der Waals surface area contributed by atoms with E-state index in [0.29, 0.717) is 35.1 Å². The standard InChI is InChI=1S/C27H28FN7O2/c1-36-14-13-35-22-7-3-2-6-20(22)32-24(35)9-12-34-16-18(17-34)27-33-25-23(37-27)8-11-30-26(25)31-15-21-19(28)5-4-10-29-21/h2-8,10-11,18H,9,12-17H2,1H3,(H,30,31). The van der Waals surface area contributed by atoms with E-state index in [1.807, 2.05) is 12.1 Å². The van der Waals surface area contributed by atoms with Gasteiger partial charge in [0.2, 0.25) is 5.89 Å². The van der Waals surface area contributed by atoms with E-state index in [0.717, 1.165) is 49.5 Å². The molecule has 9 nitrogen and oxygen atoms in total. The number of benzene rings is 1. The number of halogens is 1. The van der Waals surface area contributed by atoms with Crippen LogP contribution in [0.25, 0.3) is 22.1 Å². The Balaban J connectivity index is 1.09. The molecule has 5 heterocycles. The van der Waals surface area contributed by atoms with Crippen molar-refractivity contribution < 1.29 is 13.5 Å². The molecule has 0 aliphatic carbocycles. The average Bonchev–Trinajstić information content (AvgIpc) is 3.47. The molecule has 0 saturated carbocycles. The number of methoxy groups -OCH3 is 1. The topological polar surface area (TPSA) is 94.1 Å². The van der Waals surface area contributed by atoms with Gasteiger partial charge in [-0.05, 0) is 24.3 Å². The molecule has 1 aliphatic heterocycles. The smallest absolute Gasteiger partial charge is 0.201 e. The van der Waals surface area contributed by atoms with Crippen LogP contribution < -0.4 is 5.32 Å². The highest BCUT2D eigenvalue weighted by molar-refractivity contribution is 5.84. The fourth-order valence-corrected chi connectivity index (χ4v) is 4.81. The second-order valence-corrected chi connectivity index (χ2v) is 9.21. The lowest BCUT2D eigenvalue weighted by atomic mass is 10.00. The molecule has 6 rings (SSSR count). The maximum absolute atomic E-state index is 13.9. The summed E-state index contributed by atoms with van der Waals surface area (Å²) in [6.45, 7) is 4.32. The van der Waals surface area contributed by atoms with E-state index < -0.39 is 0 Å². The fourth-order valence-electron chi connectivity index (χ4n) is 4.81. The summed E-state index contributed by atoms with van der Waals surface area (Å²) in [7, 11) is 1.72. The number of hydrogen-bond donors (Lipinski definition) is 1. The summed E-state index contributed by atoms with van der Waals surface area (Å²) in [6.07, 6.45) is 4.10. The summed E-state index contributed by atoms with van der Waals surface area (Å²) in [5.74, 6) is 2.21. The molecule has 0 unspecified atom stereocenters. The molecule has 1 N–H and O–H groups in total. The molecule has 4 aromatic heterocycles. The zero-order chi connectivity index (χ0) is 25.2. The van der Waals surface area contributed by atoms with E-state index in [1.54, 1.807) is 31.6 Å². The summed E-state index contributed by atoms with van der Waals surface area (Å²) in [6, 6.07) is 13.0. The fraction of sp³-hybridized carbons (Fsp3) is 0.333. The highest BCUT2D eigenvalue weighted by Crippen LogP contribution is 2.31. The third-order valence-corrected chi connectivity index (χ3v) is 6.79.